The minimum absolute atomic E-state index is 0. The molecule has 0 aromatic carbocycles. The number of H-pyrrole nitrogens is 3. The number of halogens is 1. The number of esters is 2. The smallest absolute Gasteiger partial charge is 0.337 e. The van der Waals surface area contributed by atoms with Crippen LogP contribution in [-0.2, 0) is 38.4 Å². The van der Waals surface area contributed by atoms with Gasteiger partial charge in [0, 0.05) is 19.1 Å². The fourth-order valence-corrected chi connectivity index (χ4v) is 4.31. The molecule has 0 unspecified atom stereocenters. The van der Waals surface area contributed by atoms with Crippen LogP contribution >= 0.6 is 15.9 Å². The van der Waals surface area contributed by atoms with Crippen LogP contribution in [0.5, 0.6) is 0 Å². The Labute approximate surface area is 313 Å². The van der Waals surface area contributed by atoms with E-state index < -0.39 is 46.3 Å². The molecule has 4 aromatic heterocycles. The third-order valence-electron chi connectivity index (χ3n) is 6.64. The molecule has 0 bridgehead atoms. The Bertz CT molecular complexity index is 2120. The van der Waals surface area contributed by atoms with E-state index >= 15 is 0 Å². The molecule has 0 aliphatic carbocycles. The van der Waals surface area contributed by atoms with Crippen LogP contribution in [0.4, 0.5) is 0 Å². The number of nitrogens with one attached hydrogen (secondary N) is 3. The van der Waals surface area contributed by atoms with Crippen LogP contribution in [0.1, 0.15) is 67.5 Å². The van der Waals surface area contributed by atoms with Gasteiger partial charge in [-0.1, -0.05) is 65.4 Å². The lowest BCUT2D eigenvalue weighted by Gasteiger charge is -2.13. The maximum absolute atomic E-state index is 11.9. The van der Waals surface area contributed by atoms with Crippen molar-refractivity contribution in [3.63, 3.8) is 0 Å². The third kappa shape index (κ3) is 16.7. The lowest BCUT2D eigenvalue weighted by atomic mass is 10.1. The molecule has 0 saturated carbocycles. The Morgan fingerprint density at radius 2 is 1.25 bits per heavy atom. The van der Waals surface area contributed by atoms with Crippen LogP contribution in [0.3, 0.4) is 0 Å². The number of carbonyl (C=O) groups excluding carboxylic acids is 2. The van der Waals surface area contributed by atoms with Gasteiger partial charge in [0.25, 0.3) is 11.1 Å². The number of nitriles is 1. The number of methoxy groups -OCH3 is 2. The van der Waals surface area contributed by atoms with Crippen LogP contribution in [0.2, 0.25) is 0 Å². The van der Waals surface area contributed by atoms with Crippen molar-refractivity contribution < 1.29 is 27.9 Å². The number of rotatable bonds is 8. The van der Waals surface area contributed by atoms with Crippen LogP contribution < -0.4 is 33.7 Å². The quantitative estimate of drug-likeness (QED) is 0.171. The molecule has 0 spiro atoms. The Kier molecular flexibility index (Phi) is 26.8. The fourth-order valence-electron chi connectivity index (χ4n) is 4.08. The lowest BCUT2D eigenvalue weighted by molar-refractivity contribution is -0.141. The van der Waals surface area contributed by atoms with Gasteiger partial charge in [-0.15, -0.1) is 0 Å². The molecule has 0 aliphatic rings. The van der Waals surface area contributed by atoms with Crippen LogP contribution in [0.15, 0.2) is 49.7 Å². The van der Waals surface area contributed by atoms with Gasteiger partial charge in [0.1, 0.15) is 22.6 Å². The molecule has 0 aliphatic heterocycles. The first-order valence-electron chi connectivity index (χ1n) is 15.5. The molecule has 53 heavy (non-hydrogen) atoms. The van der Waals surface area contributed by atoms with Gasteiger partial charge in [-0.3, -0.25) is 38.7 Å². The summed E-state index contributed by atoms with van der Waals surface area (Å²) in [5, 5.41) is 7.90. The molecule has 0 saturated heterocycles. The van der Waals surface area contributed by atoms with E-state index in [-0.39, 0.29) is 48.4 Å². The van der Waals surface area contributed by atoms with Crippen molar-refractivity contribution in [3.8, 4) is 6.07 Å². The van der Waals surface area contributed by atoms with Crippen LogP contribution in [-0.4, -0.2) is 75.5 Å². The van der Waals surface area contributed by atoms with E-state index in [9.17, 15) is 38.4 Å². The number of nitrogens with zero attached hydrogens (tertiary/aromatic N) is 3. The van der Waals surface area contributed by atoms with Gasteiger partial charge in [0.2, 0.25) is 11.4 Å². The summed E-state index contributed by atoms with van der Waals surface area (Å²) in [6.45, 7) is 14.7. The summed E-state index contributed by atoms with van der Waals surface area (Å²) in [7, 11) is 2.51. The topological polar surface area (TPSA) is 261 Å². The SMILES string of the molecule is C.C.CC#N.CCN(CC)CC.CCc1cc(=O)oc2[nH]c(=O)[nH]c(=O)c12.CCc1cc(=O)oc2c1c(=O)[nH]c(=O)n2CC(=O)OC.COC(=O)CBr. The third-order valence-corrected chi connectivity index (χ3v) is 7.10. The fraction of sp³-hybridized carbons (Fsp3) is 0.500. The number of carbonyl (C=O) groups is 2. The highest BCUT2D eigenvalue weighted by Crippen LogP contribution is 2.12. The zero-order valence-electron chi connectivity index (χ0n) is 29.7. The zero-order chi connectivity index (χ0) is 39.3. The van der Waals surface area contributed by atoms with Crippen LogP contribution in [0.25, 0.3) is 22.2 Å². The number of aryl methyl sites for hydroxylation is 2. The van der Waals surface area contributed by atoms with Gasteiger partial charge in [0.15, 0.2) is 0 Å². The van der Waals surface area contributed by atoms with E-state index in [0.717, 1.165) is 11.7 Å². The molecular formula is C34H51BrN6O12. The minimum atomic E-state index is -0.843. The summed E-state index contributed by atoms with van der Waals surface area (Å²) >= 11 is 2.90. The standard InChI is InChI=1S/C12H12N2O6.C9H8N2O4.C6H15N.C3H5BrO2.C2H3N.2CH4/c1-3-6-4-7(15)20-11-9(6)10(17)13-12(18)14(11)5-8(16)19-2;1-2-4-3-5(12)15-8-6(4)7(13)10-9(14)11-8;1-4-7(5-2)6-3;1-6-3(5)2-4;1-2-3;;/h4H,3,5H2,1-2H3,(H,13,17,18);3H,2H2,1H3,(H2,10,11,13,14);4-6H2,1-3H3;2H2,1H3;1H3;2*1H4. The number of aromatic amines is 3. The Hall–Kier alpha value is -5.35. The number of hydrogen-bond donors (Lipinski definition) is 3. The molecule has 4 aromatic rings. The molecule has 296 valence electrons. The summed E-state index contributed by atoms with van der Waals surface area (Å²) in [6, 6.07) is 4.18. The van der Waals surface area contributed by atoms with E-state index in [1.807, 2.05) is 0 Å². The minimum Gasteiger partial charge on any atom is -0.468 e. The molecule has 18 nitrogen and oxygen atoms in total. The van der Waals surface area contributed by atoms with Crippen molar-refractivity contribution in [3.05, 3.63) is 85.8 Å². The second-order valence-electron chi connectivity index (χ2n) is 9.66. The second kappa shape index (κ2) is 27.3. The first-order valence-corrected chi connectivity index (χ1v) is 16.6. The van der Waals surface area contributed by atoms with Crippen LogP contribution in [0, 0.1) is 11.3 Å². The van der Waals surface area contributed by atoms with Crippen molar-refractivity contribution in [1.29, 1.82) is 5.26 Å². The van der Waals surface area contributed by atoms with Crippen molar-refractivity contribution in [2.24, 2.45) is 0 Å². The van der Waals surface area contributed by atoms with Crippen molar-refractivity contribution in [2.75, 3.05) is 39.2 Å². The number of hydrogen-bond acceptors (Lipinski definition) is 14. The normalized spacial score (nSPS) is 9.45. The molecule has 0 fully saturated rings. The van der Waals surface area contributed by atoms with Gasteiger partial charge in [-0.05, 0) is 43.6 Å². The van der Waals surface area contributed by atoms with E-state index in [4.69, 9.17) is 14.1 Å². The van der Waals surface area contributed by atoms with E-state index in [1.54, 1.807) is 19.9 Å². The van der Waals surface area contributed by atoms with E-state index in [0.29, 0.717) is 24.0 Å². The van der Waals surface area contributed by atoms with E-state index in [1.165, 1.54) is 45.8 Å². The predicted octanol–water partition coefficient (Wildman–Crippen LogP) is 2.81. The Morgan fingerprint density at radius 3 is 1.64 bits per heavy atom. The van der Waals surface area contributed by atoms with Crippen molar-refractivity contribution >= 4 is 50.1 Å². The number of aromatic nitrogens is 4. The average molecular weight is 816 g/mol. The first-order chi connectivity index (χ1) is 24.2. The lowest BCUT2D eigenvalue weighted by Crippen LogP contribution is -2.33. The highest BCUT2D eigenvalue weighted by molar-refractivity contribution is 9.09. The predicted molar refractivity (Wildman–Crippen MR) is 206 cm³/mol. The highest BCUT2D eigenvalue weighted by atomic mass is 79.9. The van der Waals surface area contributed by atoms with E-state index in [2.05, 4.69) is 66.0 Å². The number of fused-ring (bicyclic) bond motifs is 2. The summed E-state index contributed by atoms with van der Waals surface area (Å²) < 4.78 is 19.2. The second-order valence-corrected chi connectivity index (χ2v) is 10.2. The maximum Gasteiger partial charge on any atom is 0.337 e. The summed E-state index contributed by atoms with van der Waals surface area (Å²) in [5.74, 6) is -0.944. The Morgan fingerprint density at radius 1 is 0.792 bits per heavy atom. The average Bonchev–Trinajstić information content (AvgIpc) is 3.10. The number of ether oxygens (including phenoxy) is 2. The Balaban J connectivity index is -0.000000667. The first kappa shape index (κ1) is 52.0. The van der Waals surface area contributed by atoms with Crippen molar-refractivity contribution in [1.82, 2.24) is 24.4 Å². The number of alkyl halides is 1. The van der Waals surface area contributed by atoms with Gasteiger partial charge < -0.3 is 23.2 Å². The molecular weight excluding hydrogens is 764 g/mol. The molecule has 0 atom stereocenters. The summed E-state index contributed by atoms with van der Waals surface area (Å²) in [6.07, 6.45) is 0.916. The maximum atomic E-state index is 11.9. The monoisotopic (exact) mass is 814 g/mol. The molecule has 19 heteroatoms. The molecule has 4 rings (SSSR count). The molecule has 3 N–H and O–H groups in total. The van der Waals surface area contributed by atoms with Gasteiger partial charge in [-0.2, -0.15) is 5.26 Å². The largest absolute Gasteiger partial charge is 0.468 e. The van der Waals surface area contributed by atoms with Gasteiger partial charge in [0.05, 0.1) is 20.3 Å². The molecule has 4 heterocycles. The zero-order valence-corrected chi connectivity index (χ0v) is 31.3. The van der Waals surface area contributed by atoms with Gasteiger partial charge in [-0.25, -0.2) is 19.2 Å². The summed E-state index contributed by atoms with van der Waals surface area (Å²) in [5.41, 5.74) is -3.33. The summed E-state index contributed by atoms with van der Waals surface area (Å²) in [4.78, 5) is 98.6. The van der Waals surface area contributed by atoms with Gasteiger partial charge >= 0.3 is 34.6 Å². The highest BCUT2D eigenvalue weighted by Gasteiger charge is 2.16. The molecule has 0 radical (unpaired) electrons. The van der Waals surface area contributed by atoms with Crippen molar-refractivity contribution in [2.45, 2.75) is 75.8 Å². The molecule has 0 amide bonds.